The van der Waals surface area contributed by atoms with Crippen LogP contribution in [0.5, 0.6) is 0 Å². The van der Waals surface area contributed by atoms with Crippen LogP contribution in [0.3, 0.4) is 0 Å². The van der Waals surface area contributed by atoms with Crippen LogP contribution in [0.2, 0.25) is 0 Å². The molecule has 92 valence electrons. The van der Waals surface area contributed by atoms with Crippen LogP contribution in [-0.2, 0) is 6.18 Å². The third kappa shape index (κ3) is 3.52. The van der Waals surface area contributed by atoms with Gasteiger partial charge in [-0.2, -0.15) is 25.8 Å². The van der Waals surface area contributed by atoms with Crippen LogP contribution in [0.15, 0.2) is 24.3 Å². The first kappa shape index (κ1) is 13.6. The number of rotatable bonds is 3. The zero-order valence-corrected chi connectivity index (χ0v) is 9.42. The largest absolute Gasteiger partial charge is 0.478 e. The predicted octanol–water partition coefficient (Wildman–Crippen LogP) is 3.35. The molecule has 0 aliphatic heterocycles. The SMILES string of the molecule is O=C(O)c1ccc(C=CCS)cc1C(F)(F)F. The van der Waals surface area contributed by atoms with E-state index >= 15 is 0 Å². The lowest BCUT2D eigenvalue weighted by molar-refractivity contribution is -0.138. The summed E-state index contributed by atoms with van der Waals surface area (Å²) in [6.45, 7) is 0. The number of carboxylic acid groups (broad SMARTS) is 1. The molecule has 0 heterocycles. The van der Waals surface area contributed by atoms with Gasteiger partial charge in [0.15, 0.2) is 0 Å². The summed E-state index contributed by atoms with van der Waals surface area (Å²) in [5.41, 5.74) is -1.61. The number of carboxylic acids is 1. The first-order valence-corrected chi connectivity index (χ1v) is 5.21. The van der Waals surface area contributed by atoms with Crippen LogP contribution in [0.25, 0.3) is 6.08 Å². The standard InChI is InChI=1S/C11H9F3O2S/c12-11(13,14)9-6-7(2-1-5-17)3-4-8(9)10(15)16/h1-4,6,17H,5H2,(H,15,16). The lowest BCUT2D eigenvalue weighted by atomic mass is 10.0. The van der Waals surface area contributed by atoms with E-state index in [9.17, 15) is 18.0 Å². The van der Waals surface area contributed by atoms with E-state index < -0.39 is 23.3 Å². The minimum atomic E-state index is -4.68. The van der Waals surface area contributed by atoms with Gasteiger partial charge < -0.3 is 5.11 Å². The Hall–Kier alpha value is -1.43. The molecule has 0 aromatic heterocycles. The fourth-order valence-electron chi connectivity index (χ4n) is 1.28. The molecule has 1 aromatic carbocycles. The number of hydrogen-bond acceptors (Lipinski definition) is 2. The summed E-state index contributed by atoms with van der Waals surface area (Å²) < 4.78 is 37.8. The zero-order chi connectivity index (χ0) is 13.1. The summed E-state index contributed by atoms with van der Waals surface area (Å²) in [5, 5.41) is 8.67. The van der Waals surface area contributed by atoms with Gasteiger partial charge in [-0.15, -0.1) is 0 Å². The third-order valence-electron chi connectivity index (χ3n) is 2.00. The maximum atomic E-state index is 12.6. The van der Waals surface area contributed by atoms with Crippen molar-refractivity contribution in [1.29, 1.82) is 0 Å². The average Bonchev–Trinajstić information content (AvgIpc) is 2.24. The molecule has 0 amide bonds. The van der Waals surface area contributed by atoms with Gasteiger partial charge in [-0.05, 0) is 17.7 Å². The van der Waals surface area contributed by atoms with Crippen molar-refractivity contribution in [3.8, 4) is 0 Å². The van der Waals surface area contributed by atoms with Crippen LogP contribution in [0.4, 0.5) is 13.2 Å². The van der Waals surface area contributed by atoms with Gasteiger partial charge >= 0.3 is 12.1 Å². The number of benzene rings is 1. The van der Waals surface area contributed by atoms with Gasteiger partial charge in [0.25, 0.3) is 0 Å². The lowest BCUT2D eigenvalue weighted by Crippen LogP contribution is -2.13. The molecule has 0 spiro atoms. The van der Waals surface area contributed by atoms with Crippen LogP contribution >= 0.6 is 12.6 Å². The molecule has 0 atom stereocenters. The second-order valence-corrected chi connectivity index (χ2v) is 3.56. The van der Waals surface area contributed by atoms with Crippen molar-refractivity contribution in [2.45, 2.75) is 6.18 Å². The van der Waals surface area contributed by atoms with E-state index in [0.29, 0.717) is 5.75 Å². The Kier molecular flexibility index (Phi) is 4.22. The predicted molar refractivity (Wildman–Crippen MR) is 61.3 cm³/mol. The number of thiol groups is 1. The maximum absolute atomic E-state index is 12.6. The number of carbonyl (C=O) groups is 1. The zero-order valence-electron chi connectivity index (χ0n) is 8.53. The molecule has 6 heteroatoms. The van der Waals surface area contributed by atoms with E-state index in [1.807, 2.05) is 0 Å². The van der Waals surface area contributed by atoms with E-state index in [2.05, 4.69) is 12.6 Å². The summed E-state index contributed by atoms with van der Waals surface area (Å²) >= 11 is 3.88. The van der Waals surface area contributed by atoms with Gasteiger partial charge in [0.1, 0.15) is 0 Å². The molecule has 17 heavy (non-hydrogen) atoms. The monoisotopic (exact) mass is 262 g/mol. The summed E-state index contributed by atoms with van der Waals surface area (Å²) in [7, 11) is 0. The van der Waals surface area contributed by atoms with Gasteiger partial charge in [-0.1, -0.05) is 18.2 Å². The number of alkyl halides is 3. The normalized spacial score (nSPS) is 12.0. The summed E-state index contributed by atoms with van der Waals surface area (Å²) in [4.78, 5) is 10.7. The highest BCUT2D eigenvalue weighted by Gasteiger charge is 2.35. The van der Waals surface area contributed by atoms with Crippen molar-refractivity contribution < 1.29 is 23.1 Å². The van der Waals surface area contributed by atoms with Gasteiger partial charge in [-0.25, -0.2) is 4.79 Å². The Morgan fingerprint density at radius 1 is 1.41 bits per heavy atom. The van der Waals surface area contributed by atoms with Crippen molar-refractivity contribution in [1.82, 2.24) is 0 Å². The average molecular weight is 262 g/mol. The smallest absolute Gasteiger partial charge is 0.417 e. The molecule has 0 saturated carbocycles. The molecule has 0 radical (unpaired) electrons. The quantitative estimate of drug-likeness (QED) is 0.820. The summed E-state index contributed by atoms with van der Waals surface area (Å²) in [5.74, 6) is -1.20. The Bertz CT molecular complexity index is 453. The molecule has 0 aliphatic rings. The molecule has 0 fully saturated rings. The Balaban J connectivity index is 3.29. The van der Waals surface area contributed by atoms with Crippen molar-refractivity contribution in [2.24, 2.45) is 0 Å². The van der Waals surface area contributed by atoms with Crippen molar-refractivity contribution in [2.75, 3.05) is 5.75 Å². The lowest BCUT2D eigenvalue weighted by Gasteiger charge is -2.10. The molecule has 1 rings (SSSR count). The second-order valence-electron chi connectivity index (χ2n) is 3.19. The fraction of sp³-hybridized carbons (Fsp3) is 0.182. The van der Waals surface area contributed by atoms with E-state index in [1.54, 1.807) is 6.08 Å². The third-order valence-corrected chi connectivity index (χ3v) is 2.21. The van der Waals surface area contributed by atoms with Gasteiger partial charge in [-0.3, -0.25) is 0 Å². The molecule has 0 aliphatic carbocycles. The molecule has 1 N–H and O–H groups in total. The highest BCUT2D eigenvalue weighted by molar-refractivity contribution is 7.80. The van der Waals surface area contributed by atoms with Crippen molar-refractivity contribution in [3.05, 3.63) is 41.0 Å². The molecule has 1 aromatic rings. The van der Waals surface area contributed by atoms with Crippen LogP contribution in [0.1, 0.15) is 21.5 Å². The molecular weight excluding hydrogens is 253 g/mol. The first-order valence-electron chi connectivity index (χ1n) is 4.58. The second kappa shape index (κ2) is 5.27. The topological polar surface area (TPSA) is 37.3 Å². The fourth-order valence-corrected chi connectivity index (χ4v) is 1.38. The van der Waals surface area contributed by atoms with Crippen LogP contribution in [0, 0.1) is 0 Å². The summed E-state index contributed by atoms with van der Waals surface area (Å²) in [6, 6.07) is 3.07. The Labute approximate surface area is 101 Å². The van der Waals surface area contributed by atoms with Crippen LogP contribution < -0.4 is 0 Å². The number of aromatic carboxylic acids is 1. The van der Waals surface area contributed by atoms with Crippen LogP contribution in [-0.4, -0.2) is 16.8 Å². The minimum Gasteiger partial charge on any atom is -0.478 e. The molecule has 0 bridgehead atoms. The van der Waals surface area contributed by atoms with E-state index in [-0.39, 0.29) is 5.56 Å². The maximum Gasteiger partial charge on any atom is 0.417 e. The minimum absolute atomic E-state index is 0.288. The molecular formula is C11H9F3O2S. The Morgan fingerprint density at radius 3 is 2.53 bits per heavy atom. The van der Waals surface area contributed by atoms with E-state index in [0.717, 1.165) is 12.1 Å². The number of hydrogen-bond donors (Lipinski definition) is 2. The van der Waals surface area contributed by atoms with Crippen molar-refractivity contribution in [3.63, 3.8) is 0 Å². The molecule has 0 saturated heterocycles. The highest BCUT2D eigenvalue weighted by Crippen LogP contribution is 2.33. The molecule has 0 unspecified atom stereocenters. The first-order chi connectivity index (χ1) is 7.86. The highest BCUT2D eigenvalue weighted by atomic mass is 32.1. The summed E-state index contributed by atoms with van der Waals surface area (Å²) in [6.07, 6.45) is -1.66. The van der Waals surface area contributed by atoms with E-state index in [4.69, 9.17) is 5.11 Å². The van der Waals surface area contributed by atoms with Gasteiger partial charge in [0.05, 0.1) is 11.1 Å². The molecule has 2 nitrogen and oxygen atoms in total. The van der Waals surface area contributed by atoms with Gasteiger partial charge in [0, 0.05) is 5.75 Å². The van der Waals surface area contributed by atoms with Crippen molar-refractivity contribution >= 4 is 24.7 Å². The number of halogens is 3. The Morgan fingerprint density at radius 2 is 2.06 bits per heavy atom. The van der Waals surface area contributed by atoms with E-state index in [1.165, 1.54) is 12.1 Å². The van der Waals surface area contributed by atoms with Gasteiger partial charge in [0.2, 0.25) is 0 Å².